The molecule has 3 saturated carbocycles. The molecule has 0 aromatic heterocycles. The molecule has 5 atom stereocenters. The van der Waals surface area contributed by atoms with Crippen LogP contribution in [0.2, 0.25) is 0 Å². The average Bonchev–Trinajstić information content (AvgIpc) is 3.22. The summed E-state index contributed by atoms with van der Waals surface area (Å²) in [6, 6.07) is 0. The van der Waals surface area contributed by atoms with Crippen molar-refractivity contribution in [2.75, 3.05) is 19.6 Å². The van der Waals surface area contributed by atoms with Crippen molar-refractivity contribution in [2.45, 2.75) is 125 Å². The summed E-state index contributed by atoms with van der Waals surface area (Å²) in [4.78, 5) is 2.38. The van der Waals surface area contributed by atoms with E-state index in [2.05, 4.69) is 72.1 Å². The second-order valence-corrected chi connectivity index (χ2v) is 13.8. The molecule has 0 amide bonds. The maximum absolute atomic E-state index is 10.0. The summed E-state index contributed by atoms with van der Waals surface area (Å²) < 4.78 is 31.6. The summed E-state index contributed by atoms with van der Waals surface area (Å²) in [6.07, 6.45) is 18.2. The molecule has 0 saturated heterocycles. The minimum Gasteiger partial charge on any atom is -0.393 e. The van der Waals surface area contributed by atoms with Crippen molar-refractivity contribution < 1.29 is 22.6 Å². The molecule has 3 aliphatic carbocycles. The van der Waals surface area contributed by atoms with Gasteiger partial charge in [-0.05, 0) is 106 Å². The van der Waals surface area contributed by atoms with Crippen LogP contribution in [0.1, 0.15) is 119 Å². The van der Waals surface area contributed by atoms with E-state index in [1.165, 1.54) is 82.1 Å². The van der Waals surface area contributed by atoms with E-state index < -0.39 is 10.4 Å². The van der Waals surface area contributed by atoms with E-state index in [1.807, 2.05) is 0 Å². The highest BCUT2D eigenvalue weighted by Crippen LogP contribution is 2.60. The van der Waals surface area contributed by atoms with E-state index in [4.69, 9.17) is 17.5 Å². The highest BCUT2D eigenvalue weighted by atomic mass is 32.3. The first kappa shape index (κ1) is 37.0. The minimum atomic E-state index is -4.67. The van der Waals surface area contributed by atoms with Crippen LogP contribution in [0.3, 0.4) is 0 Å². The largest absolute Gasteiger partial charge is 0.394 e. The smallest absolute Gasteiger partial charge is 0.393 e. The van der Waals surface area contributed by atoms with E-state index in [-0.39, 0.29) is 6.10 Å². The van der Waals surface area contributed by atoms with Gasteiger partial charge < -0.3 is 10.0 Å². The normalized spacial score (nSPS) is 29.6. The molecule has 0 radical (unpaired) electrons. The van der Waals surface area contributed by atoms with E-state index >= 15 is 0 Å². The molecule has 0 heterocycles. The van der Waals surface area contributed by atoms with Crippen molar-refractivity contribution in [2.24, 2.45) is 29.1 Å². The lowest BCUT2D eigenvalue weighted by Gasteiger charge is -2.44. The van der Waals surface area contributed by atoms with Gasteiger partial charge in [-0.3, -0.25) is 9.11 Å². The Hall–Kier alpha value is -0.990. The van der Waals surface area contributed by atoms with Crippen LogP contribution in [0.15, 0.2) is 35.5 Å². The van der Waals surface area contributed by atoms with Crippen molar-refractivity contribution in [3.8, 4) is 0 Å². The van der Waals surface area contributed by atoms with E-state index in [1.54, 1.807) is 5.57 Å². The molecule has 40 heavy (non-hydrogen) atoms. The number of aliphatic hydroxyl groups is 1. The first-order valence-corrected chi connectivity index (χ1v) is 17.2. The number of fused-ring (bicyclic) bond motifs is 1. The van der Waals surface area contributed by atoms with Crippen LogP contribution < -0.4 is 0 Å². The van der Waals surface area contributed by atoms with Gasteiger partial charge in [-0.2, -0.15) is 8.42 Å². The molecule has 0 bridgehead atoms. The number of nitrogens with zero attached hydrogens (tertiary/aromatic N) is 1. The number of hydrogen-bond donors (Lipinski definition) is 3. The lowest BCUT2D eigenvalue weighted by molar-refractivity contribution is 0.0928. The van der Waals surface area contributed by atoms with Crippen molar-refractivity contribution in [3.63, 3.8) is 0 Å². The van der Waals surface area contributed by atoms with Crippen molar-refractivity contribution in [1.82, 2.24) is 4.90 Å². The van der Waals surface area contributed by atoms with E-state index in [9.17, 15) is 5.11 Å². The first-order valence-electron chi connectivity index (χ1n) is 15.8. The molecule has 1 unspecified atom stereocenters. The fourth-order valence-electron chi connectivity index (χ4n) is 7.33. The number of allylic oxidation sites excluding steroid dienone is 4. The Labute approximate surface area is 247 Å². The molecule has 0 aromatic rings. The first-order chi connectivity index (χ1) is 18.7. The molecule has 3 aliphatic rings. The third-order valence-corrected chi connectivity index (χ3v) is 9.69. The third-order valence-electron chi connectivity index (χ3n) is 9.69. The van der Waals surface area contributed by atoms with Gasteiger partial charge in [0.05, 0.1) is 6.10 Å². The number of aliphatic hydroxyl groups excluding tert-OH is 1. The summed E-state index contributed by atoms with van der Waals surface area (Å²) in [6.45, 7) is 24.2. The molecular weight excluding hydrogens is 522 g/mol. The molecule has 7 heteroatoms. The maximum Gasteiger partial charge on any atom is 0.394 e. The molecule has 0 aliphatic heterocycles. The molecule has 234 valence electrons. The zero-order valence-corrected chi connectivity index (χ0v) is 27.5. The van der Waals surface area contributed by atoms with Crippen LogP contribution in [0.5, 0.6) is 0 Å². The lowest BCUT2D eigenvalue weighted by Crippen LogP contribution is -2.36. The van der Waals surface area contributed by atoms with Crippen LogP contribution in [-0.4, -0.2) is 53.3 Å². The number of rotatable bonds is 9. The summed E-state index contributed by atoms with van der Waals surface area (Å²) in [7, 11) is -4.67. The Morgan fingerprint density at radius 1 is 1.00 bits per heavy atom. The van der Waals surface area contributed by atoms with Gasteiger partial charge in [0.2, 0.25) is 0 Å². The Morgan fingerprint density at radius 2 is 1.60 bits per heavy atom. The Morgan fingerprint density at radius 3 is 2.12 bits per heavy atom. The van der Waals surface area contributed by atoms with E-state index in [0.29, 0.717) is 5.41 Å². The molecule has 0 spiro atoms. The highest BCUT2D eigenvalue weighted by Gasteiger charge is 2.50. The van der Waals surface area contributed by atoms with Gasteiger partial charge in [0.15, 0.2) is 0 Å². The van der Waals surface area contributed by atoms with Gasteiger partial charge in [0.1, 0.15) is 0 Å². The number of hydrogen-bond acceptors (Lipinski definition) is 4. The Kier molecular flexibility index (Phi) is 16.5. The van der Waals surface area contributed by atoms with Crippen molar-refractivity contribution in [1.29, 1.82) is 0 Å². The van der Waals surface area contributed by atoms with Gasteiger partial charge >= 0.3 is 10.4 Å². The van der Waals surface area contributed by atoms with Crippen LogP contribution >= 0.6 is 0 Å². The zero-order chi connectivity index (χ0) is 30.5. The summed E-state index contributed by atoms with van der Waals surface area (Å²) in [5.74, 6) is 3.37. The quantitative estimate of drug-likeness (QED) is 0.236. The zero-order valence-electron chi connectivity index (χ0n) is 26.7. The predicted molar refractivity (Wildman–Crippen MR) is 169 cm³/mol. The molecule has 6 nitrogen and oxygen atoms in total. The molecule has 0 aromatic carbocycles. The Balaban J connectivity index is 0.000000559. The predicted octanol–water partition coefficient (Wildman–Crippen LogP) is 8.31. The van der Waals surface area contributed by atoms with Crippen LogP contribution in [0, 0.1) is 29.1 Å². The van der Waals surface area contributed by atoms with Crippen molar-refractivity contribution >= 4 is 10.4 Å². The molecule has 3 fully saturated rings. The third kappa shape index (κ3) is 12.9. The van der Waals surface area contributed by atoms with Crippen LogP contribution in [-0.2, 0) is 10.4 Å². The lowest BCUT2D eigenvalue weighted by atomic mass is 9.60. The fourth-order valence-corrected chi connectivity index (χ4v) is 7.33. The topological polar surface area (TPSA) is 98.1 Å². The van der Waals surface area contributed by atoms with Crippen molar-refractivity contribution in [3.05, 3.63) is 35.5 Å². The van der Waals surface area contributed by atoms with Gasteiger partial charge in [0, 0.05) is 0 Å². The monoisotopic (exact) mass is 583 g/mol. The summed E-state index contributed by atoms with van der Waals surface area (Å²) in [5, 5.41) is 10.0. The SMILES string of the molecule is C=C1CC[C@H](O)C/C1=C\C=C1/CCC[C@]2(C)[C@@H](C(C)CCCC(C)C)CC[C@@H]12.CCN(CC)CC.O=S(=O)(O)O. The van der Waals surface area contributed by atoms with Crippen LogP contribution in [0.25, 0.3) is 0 Å². The van der Waals surface area contributed by atoms with Crippen LogP contribution in [0.4, 0.5) is 0 Å². The molecule has 3 N–H and O–H groups in total. The fraction of sp³-hybridized carbons (Fsp3) is 0.818. The second-order valence-electron chi connectivity index (χ2n) is 12.9. The average molecular weight is 584 g/mol. The minimum absolute atomic E-state index is 0.172. The van der Waals surface area contributed by atoms with Gasteiger partial charge in [0.25, 0.3) is 0 Å². The Bertz CT molecular complexity index is 908. The highest BCUT2D eigenvalue weighted by molar-refractivity contribution is 7.79. The second kappa shape index (κ2) is 17.8. The van der Waals surface area contributed by atoms with Gasteiger partial charge in [-0.15, -0.1) is 0 Å². The maximum atomic E-state index is 10.0. The van der Waals surface area contributed by atoms with Gasteiger partial charge in [-0.25, -0.2) is 0 Å². The summed E-state index contributed by atoms with van der Waals surface area (Å²) >= 11 is 0. The van der Waals surface area contributed by atoms with Gasteiger partial charge in [-0.1, -0.05) is 97.6 Å². The standard InChI is InChI=1S/C27H44O.C6H15N.H2O4S/c1-19(2)8-6-9-21(4)25-15-16-26-22(10-7-17-27(25,26)5)12-13-23-18-24(28)14-11-20(23)3;1-4-7(5-2)6-3;1-5(2,3)4/h12-13,19,21,24-26,28H,3,6-11,14-18H2,1-2,4-5H3;4-6H2,1-3H3;(H2,1,2,3,4)/b22-12+,23-13+;;/t21?,24-,25+,26-,27+;;/m0../s1. The molecule has 3 rings (SSSR count). The molecular formula is C33H61NO5S. The summed E-state index contributed by atoms with van der Waals surface area (Å²) in [5.41, 5.74) is 4.72. The van der Waals surface area contributed by atoms with E-state index in [0.717, 1.165) is 42.9 Å².